The number of hydrogen-bond acceptors (Lipinski definition) is 3. The lowest BCUT2D eigenvalue weighted by Gasteiger charge is -2.06. The molecule has 4 heteroatoms. The maximum Gasteiger partial charge on any atom is 0.157 e. The third-order valence-electron chi connectivity index (χ3n) is 2.75. The third-order valence-corrected chi connectivity index (χ3v) is 5.49. The largest absolute Gasteiger partial charge is 0.315 e. The summed E-state index contributed by atoms with van der Waals surface area (Å²) in [6.07, 6.45) is 2.59. The van der Waals surface area contributed by atoms with Gasteiger partial charge in [0.1, 0.15) is 0 Å². The van der Waals surface area contributed by atoms with Crippen LogP contribution in [0.4, 0.5) is 0 Å². The van der Waals surface area contributed by atoms with Crippen LogP contribution < -0.4 is 5.32 Å². The van der Waals surface area contributed by atoms with E-state index in [2.05, 4.69) is 5.32 Å². The molecule has 0 radical (unpaired) electrons. The van der Waals surface area contributed by atoms with Crippen molar-refractivity contribution in [2.75, 3.05) is 13.1 Å². The van der Waals surface area contributed by atoms with Crippen LogP contribution in [0.2, 0.25) is 0 Å². The van der Waals surface area contributed by atoms with Gasteiger partial charge in [0.2, 0.25) is 0 Å². The topological polar surface area (TPSA) is 46.2 Å². The Bertz CT molecular complexity index is 227. The van der Waals surface area contributed by atoms with Crippen molar-refractivity contribution in [1.29, 1.82) is 0 Å². The average Bonchev–Trinajstić information content (AvgIpc) is 2.00. The summed E-state index contributed by atoms with van der Waals surface area (Å²) in [5.74, 6) is 0. The first kappa shape index (κ1) is 7.55. The van der Waals surface area contributed by atoms with Gasteiger partial charge in [-0.05, 0) is 25.8 Å². The monoisotopic (exact) mass is 175 g/mol. The number of hydrogen-bond donors (Lipinski definition) is 1. The Balaban J connectivity index is 2.33. The van der Waals surface area contributed by atoms with Crippen molar-refractivity contribution in [2.24, 2.45) is 0 Å². The Morgan fingerprint density at radius 3 is 2.64 bits per heavy atom. The number of nitrogens with one attached hydrogen (secondary N) is 1. The molecule has 11 heavy (non-hydrogen) atoms. The van der Waals surface area contributed by atoms with E-state index >= 15 is 0 Å². The Hall–Kier alpha value is -0.0900. The van der Waals surface area contributed by atoms with E-state index in [1.165, 1.54) is 0 Å². The zero-order valence-corrected chi connectivity index (χ0v) is 7.23. The maximum atomic E-state index is 11.6. The summed E-state index contributed by atoms with van der Waals surface area (Å²) in [6, 6.07) is 0. The van der Waals surface area contributed by atoms with Gasteiger partial charge in [0.25, 0.3) is 0 Å². The van der Waals surface area contributed by atoms with E-state index in [0.717, 1.165) is 25.8 Å². The molecule has 2 atom stereocenters. The second-order valence-electron chi connectivity index (χ2n) is 3.40. The Morgan fingerprint density at radius 1 is 1.09 bits per heavy atom. The van der Waals surface area contributed by atoms with E-state index in [4.69, 9.17) is 0 Å². The van der Waals surface area contributed by atoms with Gasteiger partial charge in [0.15, 0.2) is 9.84 Å². The number of rotatable bonds is 0. The minimum atomic E-state index is -2.73. The van der Waals surface area contributed by atoms with Crippen molar-refractivity contribution in [3.8, 4) is 0 Å². The summed E-state index contributed by atoms with van der Waals surface area (Å²) < 4.78 is 23.1. The molecule has 0 aromatic rings. The van der Waals surface area contributed by atoms with Gasteiger partial charge in [-0.1, -0.05) is 0 Å². The first-order valence-electron chi connectivity index (χ1n) is 4.14. The maximum absolute atomic E-state index is 11.6. The molecule has 0 spiro atoms. The van der Waals surface area contributed by atoms with Gasteiger partial charge >= 0.3 is 0 Å². The molecule has 0 aliphatic carbocycles. The van der Waals surface area contributed by atoms with E-state index < -0.39 is 9.84 Å². The van der Waals surface area contributed by atoms with Crippen LogP contribution >= 0.6 is 0 Å². The zero-order valence-electron chi connectivity index (χ0n) is 6.41. The predicted octanol–water partition coefficient (Wildman–Crippen LogP) is -0.0745. The minimum Gasteiger partial charge on any atom is -0.315 e. The molecule has 3 nitrogen and oxygen atoms in total. The van der Waals surface area contributed by atoms with Crippen molar-refractivity contribution < 1.29 is 8.42 Å². The summed E-state index contributed by atoms with van der Waals surface area (Å²) in [4.78, 5) is 0. The molecule has 2 heterocycles. The van der Waals surface area contributed by atoms with Gasteiger partial charge in [0.05, 0.1) is 10.5 Å². The Kier molecular flexibility index (Phi) is 1.68. The molecule has 0 saturated carbocycles. The molecule has 0 aromatic carbocycles. The van der Waals surface area contributed by atoms with Crippen LogP contribution in [-0.4, -0.2) is 32.0 Å². The smallest absolute Gasteiger partial charge is 0.157 e. The first-order valence-corrected chi connectivity index (χ1v) is 5.75. The normalized spacial score (nSPS) is 41.8. The van der Waals surface area contributed by atoms with Crippen LogP contribution in [0.15, 0.2) is 0 Å². The number of fused-ring (bicyclic) bond motifs is 2. The van der Waals surface area contributed by atoms with E-state index in [1.54, 1.807) is 0 Å². The lowest BCUT2D eigenvalue weighted by molar-refractivity contribution is 0.567. The third kappa shape index (κ3) is 1.08. The van der Waals surface area contributed by atoms with Crippen molar-refractivity contribution in [1.82, 2.24) is 5.32 Å². The van der Waals surface area contributed by atoms with Crippen LogP contribution in [0.5, 0.6) is 0 Å². The highest BCUT2D eigenvalue weighted by atomic mass is 32.2. The highest BCUT2D eigenvalue weighted by molar-refractivity contribution is 7.93. The summed E-state index contributed by atoms with van der Waals surface area (Å²) >= 11 is 0. The quantitative estimate of drug-likeness (QED) is 0.560. The molecule has 2 rings (SSSR count). The van der Waals surface area contributed by atoms with Gasteiger partial charge in [-0.3, -0.25) is 0 Å². The molecule has 2 aliphatic rings. The summed E-state index contributed by atoms with van der Waals surface area (Å²) in [5.41, 5.74) is 0. The van der Waals surface area contributed by atoms with Crippen LogP contribution in [-0.2, 0) is 9.84 Å². The van der Waals surface area contributed by atoms with Crippen molar-refractivity contribution >= 4 is 9.84 Å². The number of sulfone groups is 1. The van der Waals surface area contributed by atoms with Gasteiger partial charge in [-0.15, -0.1) is 0 Å². The molecule has 0 amide bonds. The second kappa shape index (κ2) is 2.45. The van der Waals surface area contributed by atoms with Gasteiger partial charge in [-0.25, -0.2) is 8.42 Å². The van der Waals surface area contributed by atoms with Crippen LogP contribution in [0.1, 0.15) is 19.3 Å². The summed E-state index contributed by atoms with van der Waals surface area (Å²) in [5, 5.41) is 3.06. The van der Waals surface area contributed by atoms with Crippen LogP contribution in [0.3, 0.4) is 0 Å². The molecular formula is C7H13NO2S. The highest BCUT2D eigenvalue weighted by Gasteiger charge is 2.41. The fourth-order valence-electron chi connectivity index (χ4n) is 2.03. The van der Waals surface area contributed by atoms with E-state index in [1.807, 2.05) is 0 Å². The summed E-state index contributed by atoms with van der Waals surface area (Å²) in [6.45, 7) is 1.55. The van der Waals surface area contributed by atoms with Crippen molar-refractivity contribution in [3.05, 3.63) is 0 Å². The Morgan fingerprint density at radius 2 is 1.82 bits per heavy atom. The van der Waals surface area contributed by atoms with Crippen molar-refractivity contribution in [2.45, 2.75) is 29.8 Å². The van der Waals surface area contributed by atoms with Gasteiger partial charge < -0.3 is 5.32 Å². The van der Waals surface area contributed by atoms with E-state index in [-0.39, 0.29) is 10.5 Å². The predicted molar refractivity (Wildman–Crippen MR) is 43.2 cm³/mol. The SMILES string of the molecule is O=S1(=O)[C@H]2CCNC[C@H]1CC2. The highest BCUT2D eigenvalue weighted by Crippen LogP contribution is 2.30. The second-order valence-corrected chi connectivity index (χ2v) is 5.91. The summed E-state index contributed by atoms with van der Waals surface area (Å²) in [7, 11) is -2.73. The lowest BCUT2D eigenvalue weighted by atomic mass is 10.1. The van der Waals surface area contributed by atoms with Crippen LogP contribution in [0, 0.1) is 0 Å². The molecule has 2 fully saturated rings. The first-order chi connectivity index (χ1) is 5.21. The van der Waals surface area contributed by atoms with Crippen LogP contribution in [0.25, 0.3) is 0 Å². The molecule has 2 saturated heterocycles. The van der Waals surface area contributed by atoms with Crippen molar-refractivity contribution in [3.63, 3.8) is 0 Å². The lowest BCUT2D eigenvalue weighted by Crippen LogP contribution is -2.27. The molecule has 2 aliphatic heterocycles. The van der Waals surface area contributed by atoms with Gasteiger partial charge in [0, 0.05) is 6.54 Å². The zero-order chi connectivity index (χ0) is 7.90. The van der Waals surface area contributed by atoms with E-state index in [9.17, 15) is 8.42 Å². The fourth-order valence-corrected chi connectivity index (χ4v) is 4.30. The molecular weight excluding hydrogens is 162 g/mol. The molecule has 2 bridgehead atoms. The molecule has 0 aromatic heterocycles. The Labute approximate surface area is 67.1 Å². The standard InChI is InChI=1S/C7H13NO2S/c9-11(10)6-1-2-7(11)5-8-4-3-6/h6-8H,1-5H2/t6-,7-/m1/s1. The fraction of sp³-hybridized carbons (Fsp3) is 1.00. The van der Waals surface area contributed by atoms with E-state index in [0.29, 0.717) is 6.54 Å². The molecule has 0 unspecified atom stereocenters. The van der Waals surface area contributed by atoms with Gasteiger partial charge in [-0.2, -0.15) is 0 Å². The minimum absolute atomic E-state index is 0.0255. The molecule has 1 N–H and O–H groups in total. The average molecular weight is 175 g/mol. The molecule has 64 valence electrons.